The number of anilines is 1. The van der Waals surface area contributed by atoms with Gasteiger partial charge in [0.15, 0.2) is 0 Å². The zero-order chi connectivity index (χ0) is 17.4. The van der Waals surface area contributed by atoms with E-state index >= 15 is 0 Å². The van der Waals surface area contributed by atoms with Crippen LogP contribution < -0.4 is 20.1 Å². The quantitative estimate of drug-likeness (QED) is 0.640. The molecule has 23 heavy (non-hydrogen) atoms. The molecule has 128 valence electrons. The molecular weight excluding hydrogens is 300 g/mol. The summed E-state index contributed by atoms with van der Waals surface area (Å²) in [5, 5.41) is 14.6. The molecule has 1 aromatic rings. The number of benzene rings is 1. The summed E-state index contributed by atoms with van der Waals surface area (Å²) in [5.41, 5.74) is 0.517. The van der Waals surface area contributed by atoms with Crippen molar-refractivity contribution in [3.63, 3.8) is 0 Å². The molecule has 1 amide bonds. The van der Waals surface area contributed by atoms with Crippen LogP contribution in [0.4, 0.5) is 5.69 Å². The number of ether oxygens (including phenoxy) is 2. The van der Waals surface area contributed by atoms with Crippen molar-refractivity contribution < 1.29 is 24.2 Å². The monoisotopic (exact) mass is 324 g/mol. The van der Waals surface area contributed by atoms with E-state index in [0.29, 0.717) is 23.6 Å². The fourth-order valence-corrected chi connectivity index (χ4v) is 2.06. The van der Waals surface area contributed by atoms with Crippen molar-refractivity contribution in [3.8, 4) is 11.5 Å². The third-order valence-corrected chi connectivity index (χ3v) is 3.60. The van der Waals surface area contributed by atoms with E-state index in [9.17, 15) is 14.7 Å². The van der Waals surface area contributed by atoms with Gasteiger partial charge in [-0.1, -0.05) is 20.3 Å². The van der Waals surface area contributed by atoms with Crippen LogP contribution in [0.15, 0.2) is 18.2 Å². The lowest BCUT2D eigenvalue weighted by atomic mass is 9.99. The van der Waals surface area contributed by atoms with E-state index in [0.717, 1.165) is 0 Å². The van der Waals surface area contributed by atoms with Gasteiger partial charge < -0.3 is 19.9 Å². The predicted octanol–water partition coefficient (Wildman–Crippen LogP) is 1.73. The molecule has 0 aliphatic carbocycles. The number of carbonyl (C=O) groups excluding carboxylic acids is 1. The van der Waals surface area contributed by atoms with Crippen LogP contribution in [0.2, 0.25) is 0 Å². The minimum Gasteiger partial charge on any atom is -0.497 e. The normalized spacial score (nSPS) is 13.0. The Morgan fingerprint density at radius 1 is 1.17 bits per heavy atom. The van der Waals surface area contributed by atoms with E-state index in [1.807, 2.05) is 13.8 Å². The van der Waals surface area contributed by atoms with Gasteiger partial charge in [-0.15, -0.1) is 0 Å². The lowest BCUT2D eigenvalue weighted by Crippen LogP contribution is -2.45. The van der Waals surface area contributed by atoms with Crippen LogP contribution in [0.5, 0.6) is 11.5 Å². The highest BCUT2D eigenvalue weighted by Gasteiger charge is 2.23. The first kappa shape index (κ1) is 18.8. The predicted molar refractivity (Wildman–Crippen MR) is 87.1 cm³/mol. The minimum absolute atomic E-state index is 0.0720. The van der Waals surface area contributed by atoms with Gasteiger partial charge in [0.25, 0.3) is 0 Å². The molecule has 0 heterocycles. The van der Waals surface area contributed by atoms with Gasteiger partial charge >= 0.3 is 5.97 Å². The molecule has 0 aromatic heterocycles. The van der Waals surface area contributed by atoms with E-state index in [4.69, 9.17) is 9.47 Å². The van der Waals surface area contributed by atoms with E-state index in [1.165, 1.54) is 14.2 Å². The van der Waals surface area contributed by atoms with Gasteiger partial charge in [-0.25, -0.2) is 0 Å². The molecular formula is C16H24N2O5. The van der Waals surface area contributed by atoms with Gasteiger partial charge in [-0.2, -0.15) is 0 Å². The van der Waals surface area contributed by atoms with Crippen LogP contribution in [-0.4, -0.2) is 43.8 Å². The van der Waals surface area contributed by atoms with Crippen LogP contribution in [0, 0.1) is 5.92 Å². The average molecular weight is 324 g/mol. The van der Waals surface area contributed by atoms with Gasteiger partial charge in [0, 0.05) is 23.9 Å². The summed E-state index contributed by atoms with van der Waals surface area (Å²) in [4.78, 5) is 23.2. The van der Waals surface area contributed by atoms with Crippen LogP contribution in [0.3, 0.4) is 0 Å². The standard InChI is InChI=1S/C16H24N2O5/c1-5-10(2)15(16(20)21)17-9-14(19)18-11-6-12(22-3)8-13(7-11)23-4/h6-8,10,15,17H,5,9H2,1-4H3,(H,18,19)(H,20,21)/t10-,15-/m0/s1. The number of carbonyl (C=O) groups is 2. The zero-order valence-corrected chi connectivity index (χ0v) is 13.9. The molecule has 7 nitrogen and oxygen atoms in total. The SMILES string of the molecule is CC[C@H](C)[C@H](NCC(=O)Nc1cc(OC)cc(OC)c1)C(=O)O. The van der Waals surface area contributed by atoms with Crippen molar-refractivity contribution >= 4 is 17.6 Å². The smallest absolute Gasteiger partial charge is 0.320 e. The lowest BCUT2D eigenvalue weighted by molar-refractivity contribution is -0.140. The second-order valence-electron chi connectivity index (χ2n) is 5.23. The molecule has 0 aliphatic rings. The second-order valence-corrected chi connectivity index (χ2v) is 5.23. The van der Waals surface area contributed by atoms with E-state index in [1.54, 1.807) is 18.2 Å². The fraction of sp³-hybridized carbons (Fsp3) is 0.500. The molecule has 0 aliphatic heterocycles. The highest BCUT2D eigenvalue weighted by Crippen LogP contribution is 2.25. The second kappa shape index (κ2) is 8.99. The molecule has 1 aromatic carbocycles. The number of aliphatic carboxylic acids is 1. The molecule has 0 bridgehead atoms. The summed E-state index contributed by atoms with van der Waals surface area (Å²) in [6, 6.07) is 4.25. The molecule has 0 spiro atoms. The molecule has 0 saturated carbocycles. The van der Waals surface area contributed by atoms with Crippen molar-refractivity contribution in [2.24, 2.45) is 5.92 Å². The van der Waals surface area contributed by atoms with E-state index < -0.39 is 12.0 Å². The summed E-state index contributed by atoms with van der Waals surface area (Å²) in [6.45, 7) is 3.64. The maximum absolute atomic E-state index is 12.0. The lowest BCUT2D eigenvalue weighted by Gasteiger charge is -2.20. The summed E-state index contributed by atoms with van der Waals surface area (Å²) < 4.78 is 10.3. The molecule has 2 atom stereocenters. The third-order valence-electron chi connectivity index (χ3n) is 3.60. The van der Waals surface area contributed by atoms with E-state index in [2.05, 4.69) is 10.6 Å². The molecule has 0 fully saturated rings. The Hall–Kier alpha value is -2.28. The van der Waals surface area contributed by atoms with Crippen molar-refractivity contribution in [1.29, 1.82) is 0 Å². The molecule has 0 radical (unpaired) electrons. The number of hydrogen-bond donors (Lipinski definition) is 3. The minimum atomic E-state index is -0.963. The number of amides is 1. The Morgan fingerprint density at radius 3 is 2.17 bits per heavy atom. The average Bonchev–Trinajstić information content (AvgIpc) is 2.53. The van der Waals surface area contributed by atoms with Crippen molar-refractivity contribution in [2.75, 3.05) is 26.1 Å². The zero-order valence-electron chi connectivity index (χ0n) is 13.9. The maximum atomic E-state index is 12.0. The fourth-order valence-electron chi connectivity index (χ4n) is 2.06. The number of nitrogens with one attached hydrogen (secondary N) is 2. The van der Waals surface area contributed by atoms with Crippen molar-refractivity contribution in [3.05, 3.63) is 18.2 Å². The Bertz CT molecular complexity index is 525. The summed E-state index contributed by atoms with van der Waals surface area (Å²) in [7, 11) is 3.04. The van der Waals surface area contributed by atoms with Crippen LogP contribution in [-0.2, 0) is 9.59 Å². The Labute approximate surface area is 136 Å². The number of methoxy groups -OCH3 is 2. The largest absolute Gasteiger partial charge is 0.497 e. The first-order valence-electron chi connectivity index (χ1n) is 7.40. The molecule has 7 heteroatoms. The van der Waals surface area contributed by atoms with Crippen molar-refractivity contribution in [1.82, 2.24) is 5.32 Å². The highest BCUT2D eigenvalue weighted by atomic mass is 16.5. The van der Waals surface area contributed by atoms with Gasteiger partial charge in [-0.3, -0.25) is 14.9 Å². The van der Waals surface area contributed by atoms with Gasteiger partial charge in [0.2, 0.25) is 5.91 Å². The summed E-state index contributed by atoms with van der Waals surface area (Å²) >= 11 is 0. The molecule has 3 N–H and O–H groups in total. The Morgan fingerprint density at radius 2 is 1.74 bits per heavy atom. The summed E-state index contributed by atoms with van der Waals surface area (Å²) in [6.07, 6.45) is 0.707. The van der Waals surface area contributed by atoms with Crippen molar-refractivity contribution in [2.45, 2.75) is 26.3 Å². The topological polar surface area (TPSA) is 96.9 Å². The number of carboxylic acids is 1. The summed E-state index contributed by atoms with van der Waals surface area (Å²) in [5.74, 6) is -0.270. The van der Waals surface area contributed by atoms with Crippen LogP contribution >= 0.6 is 0 Å². The molecule has 1 rings (SSSR count). The van der Waals surface area contributed by atoms with E-state index in [-0.39, 0.29) is 18.4 Å². The first-order valence-corrected chi connectivity index (χ1v) is 7.40. The van der Waals surface area contributed by atoms with Gasteiger partial charge in [-0.05, 0) is 5.92 Å². The molecule has 0 saturated heterocycles. The number of hydrogen-bond acceptors (Lipinski definition) is 5. The number of carboxylic acid groups (broad SMARTS) is 1. The maximum Gasteiger partial charge on any atom is 0.320 e. The first-order chi connectivity index (χ1) is 10.9. The Balaban J connectivity index is 2.67. The van der Waals surface area contributed by atoms with Gasteiger partial charge in [0.1, 0.15) is 17.5 Å². The highest BCUT2D eigenvalue weighted by molar-refractivity contribution is 5.93. The van der Waals surface area contributed by atoms with Crippen LogP contribution in [0.1, 0.15) is 20.3 Å². The third kappa shape index (κ3) is 5.78. The van der Waals surface area contributed by atoms with Gasteiger partial charge in [0.05, 0.1) is 20.8 Å². The molecule has 0 unspecified atom stereocenters. The van der Waals surface area contributed by atoms with Crippen LogP contribution in [0.25, 0.3) is 0 Å². The Kier molecular flexibility index (Phi) is 7.34. The number of rotatable bonds is 9.